The smallest absolute Gasteiger partial charge is 0.0847 e. The number of hydrogen-bond acceptors (Lipinski definition) is 2. The second kappa shape index (κ2) is 3.28. The van der Waals surface area contributed by atoms with Gasteiger partial charge < -0.3 is 0 Å². The zero-order valence-electron chi connectivity index (χ0n) is 5.56. The van der Waals surface area contributed by atoms with Crippen molar-refractivity contribution >= 4 is 34.4 Å². The normalized spacial score (nSPS) is 28.6. The molecule has 0 aromatic heterocycles. The van der Waals surface area contributed by atoms with Crippen LogP contribution in [0.5, 0.6) is 0 Å². The molecule has 0 aliphatic carbocycles. The molecule has 0 aromatic rings. The number of thioether (sulfide) groups is 2. The molecule has 0 aromatic carbocycles. The highest BCUT2D eigenvalue weighted by Gasteiger charge is 2.20. The first-order valence-corrected chi connectivity index (χ1v) is 6.97. The van der Waals surface area contributed by atoms with Crippen molar-refractivity contribution in [2.45, 2.75) is 3.91 Å². The van der Waals surface area contributed by atoms with Gasteiger partial charge in [0.05, 0.1) is 3.91 Å². The molecule has 0 saturated carbocycles. The summed E-state index contributed by atoms with van der Waals surface area (Å²) in [5.41, 5.74) is 0. The number of thiol groups is 1. The molecule has 3 heteroatoms. The van der Waals surface area contributed by atoms with E-state index in [9.17, 15) is 0 Å². The van der Waals surface area contributed by atoms with Gasteiger partial charge in [0.2, 0.25) is 0 Å². The molecule has 0 nitrogen and oxygen atoms in total. The molecule has 0 bridgehead atoms. The SMILES string of the molecule is C1=C[SH](C2SCCS2)C=C1. The first kappa shape index (κ1) is 7.19. The Bertz CT molecular complexity index is 156. The van der Waals surface area contributed by atoms with E-state index in [-0.39, 0.29) is 10.9 Å². The molecule has 1 saturated heterocycles. The van der Waals surface area contributed by atoms with E-state index in [1.54, 1.807) is 0 Å². The maximum Gasteiger partial charge on any atom is 0.0847 e. The van der Waals surface area contributed by atoms with Crippen molar-refractivity contribution in [1.82, 2.24) is 0 Å². The van der Waals surface area contributed by atoms with Gasteiger partial charge >= 0.3 is 0 Å². The van der Waals surface area contributed by atoms with Gasteiger partial charge in [0.1, 0.15) is 0 Å². The maximum atomic E-state index is 2.37. The minimum Gasteiger partial charge on any atom is -0.192 e. The van der Waals surface area contributed by atoms with Crippen LogP contribution in [0.2, 0.25) is 0 Å². The summed E-state index contributed by atoms with van der Waals surface area (Å²) in [5.74, 6) is 2.71. The van der Waals surface area contributed by atoms with Crippen LogP contribution in [-0.2, 0) is 0 Å². The van der Waals surface area contributed by atoms with Gasteiger partial charge in [-0.3, -0.25) is 0 Å². The van der Waals surface area contributed by atoms with Crippen molar-refractivity contribution in [2.75, 3.05) is 11.5 Å². The highest BCUT2D eigenvalue weighted by Crippen LogP contribution is 2.52. The molecule has 2 heterocycles. The molecule has 0 spiro atoms. The van der Waals surface area contributed by atoms with E-state index in [0.29, 0.717) is 0 Å². The van der Waals surface area contributed by atoms with Crippen molar-refractivity contribution in [3.63, 3.8) is 0 Å². The summed E-state index contributed by atoms with van der Waals surface area (Å²) in [6, 6.07) is 0. The quantitative estimate of drug-likeness (QED) is 0.631. The molecule has 56 valence electrons. The minimum absolute atomic E-state index is 0.119. The van der Waals surface area contributed by atoms with E-state index in [1.165, 1.54) is 11.5 Å². The molecule has 0 unspecified atom stereocenters. The third-order valence-corrected chi connectivity index (χ3v) is 7.87. The molecule has 10 heavy (non-hydrogen) atoms. The molecule has 2 aliphatic heterocycles. The van der Waals surface area contributed by atoms with Crippen LogP contribution < -0.4 is 0 Å². The molecule has 0 atom stereocenters. The summed E-state index contributed by atoms with van der Waals surface area (Å²) >= 11 is 4.26. The number of rotatable bonds is 1. The summed E-state index contributed by atoms with van der Waals surface area (Å²) in [6.45, 7) is 0. The van der Waals surface area contributed by atoms with E-state index in [1.807, 2.05) is 0 Å². The summed E-state index contributed by atoms with van der Waals surface area (Å²) in [7, 11) is 0.119. The van der Waals surface area contributed by atoms with E-state index in [2.05, 4.69) is 46.5 Å². The molecule has 2 aliphatic rings. The lowest BCUT2D eigenvalue weighted by atomic mass is 10.6. The van der Waals surface area contributed by atoms with Gasteiger partial charge in [-0.1, -0.05) is 12.2 Å². The van der Waals surface area contributed by atoms with Gasteiger partial charge in [-0.2, -0.15) is 10.9 Å². The van der Waals surface area contributed by atoms with Gasteiger partial charge in [-0.25, -0.2) is 0 Å². The maximum absolute atomic E-state index is 2.37. The third-order valence-electron chi connectivity index (χ3n) is 1.48. The lowest BCUT2D eigenvalue weighted by Gasteiger charge is -2.15. The Balaban J connectivity index is 1.98. The van der Waals surface area contributed by atoms with Crippen LogP contribution in [0.3, 0.4) is 0 Å². The fourth-order valence-corrected chi connectivity index (χ4v) is 6.97. The Labute approximate surface area is 72.9 Å². The van der Waals surface area contributed by atoms with Crippen molar-refractivity contribution in [3.8, 4) is 0 Å². The average Bonchev–Trinajstić information content (AvgIpc) is 2.59. The lowest BCUT2D eigenvalue weighted by Crippen LogP contribution is -1.85. The van der Waals surface area contributed by atoms with Crippen LogP contribution >= 0.6 is 34.4 Å². The van der Waals surface area contributed by atoms with Crippen LogP contribution in [-0.4, -0.2) is 15.4 Å². The largest absolute Gasteiger partial charge is 0.192 e. The van der Waals surface area contributed by atoms with E-state index >= 15 is 0 Å². The summed E-state index contributed by atoms with van der Waals surface area (Å²) in [5, 5.41) is 4.73. The fraction of sp³-hybridized carbons (Fsp3) is 0.429. The van der Waals surface area contributed by atoms with Crippen LogP contribution in [0.4, 0.5) is 0 Å². The summed E-state index contributed by atoms with van der Waals surface area (Å²) in [6.07, 6.45) is 4.37. The van der Waals surface area contributed by atoms with Crippen molar-refractivity contribution in [2.24, 2.45) is 0 Å². The van der Waals surface area contributed by atoms with Crippen molar-refractivity contribution < 1.29 is 0 Å². The first-order valence-electron chi connectivity index (χ1n) is 3.32. The van der Waals surface area contributed by atoms with Gasteiger partial charge in [-0.05, 0) is 10.8 Å². The van der Waals surface area contributed by atoms with E-state index < -0.39 is 0 Å². The Morgan fingerprint density at radius 3 is 2.30 bits per heavy atom. The zero-order valence-corrected chi connectivity index (χ0v) is 8.09. The van der Waals surface area contributed by atoms with Crippen LogP contribution in [0.1, 0.15) is 0 Å². The predicted molar refractivity (Wildman–Crippen MR) is 56.0 cm³/mol. The molecule has 1 fully saturated rings. The molecule has 0 radical (unpaired) electrons. The van der Waals surface area contributed by atoms with Gasteiger partial charge in [-0.15, -0.1) is 23.5 Å². The first-order chi connectivity index (χ1) is 4.97. The minimum atomic E-state index is 0.119. The van der Waals surface area contributed by atoms with Crippen LogP contribution in [0.15, 0.2) is 23.0 Å². The second-order valence-corrected chi connectivity index (χ2v) is 7.61. The number of allylic oxidation sites excluding steroid dienone is 2. The second-order valence-electron chi connectivity index (χ2n) is 2.18. The van der Waals surface area contributed by atoms with E-state index in [0.717, 1.165) is 3.91 Å². The third kappa shape index (κ3) is 1.41. The van der Waals surface area contributed by atoms with Crippen LogP contribution in [0, 0.1) is 0 Å². The standard InChI is InChI=1S/C7H10S3/c1-2-6-10(5-1)7-8-3-4-9-7/h1-2,5-7,10H,3-4H2. The Kier molecular flexibility index (Phi) is 2.36. The van der Waals surface area contributed by atoms with Gasteiger partial charge in [0, 0.05) is 11.5 Å². The molecular weight excluding hydrogens is 180 g/mol. The van der Waals surface area contributed by atoms with Gasteiger partial charge in [0.25, 0.3) is 0 Å². The molecular formula is C7H10S3. The Morgan fingerprint density at radius 1 is 1.10 bits per heavy atom. The molecule has 2 rings (SSSR count). The van der Waals surface area contributed by atoms with Gasteiger partial charge in [0.15, 0.2) is 0 Å². The predicted octanol–water partition coefficient (Wildman–Crippen LogP) is 2.79. The molecule has 0 N–H and O–H groups in total. The summed E-state index contributed by atoms with van der Waals surface area (Å²) < 4.78 is 0.880. The van der Waals surface area contributed by atoms with Crippen molar-refractivity contribution in [1.29, 1.82) is 0 Å². The monoisotopic (exact) mass is 190 g/mol. The van der Waals surface area contributed by atoms with Crippen molar-refractivity contribution in [3.05, 3.63) is 23.0 Å². The zero-order chi connectivity index (χ0) is 6.81. The fourth-order valence-electron chi connectivity index (χ4n) is 1.01. The topological polar surface area (TPSA) is 0 Å². The Hall–Kier alpha value is 0.530. The average molecular weight is 190 g/mol. The van der Waals surface area contributed by atoms with Crippen LogP contribution in [0.25, 0.3) is 0 Å². The molecule has 0 amide bonds. The van der Waals surface area contributed by atoms with E-state index in [4.69, 9.17) is 0 Å². The number of hydrogen-bond donors (Lipinski definition) is 1. The highest BCUT2D eigenvalue weighted by atomic mass is 32.3. The lowest BCUT2D eigenvalue weighted by molar-refractivity contribution is 1.59. The Morgan fingerprint density at radius 2 is 1.70 bits per heavy atom. The highest BCUT2D eigenvalue weighted by molar-refractivity contribution is 8.42. The summed E-state index contributed by atoms with van der Waals surface area (Å²) in [4.78, 5) is 0.